The van der Waals surface area contributed by atoms with Crippen molar-refractivity contribution in [2.45, 2.75) is 6.61 Å². The summed E-state index contributed by atoms with van der Waals surface area (Å²) in [7, 11) is 0. The number of halogens is 1. The zero-order valence-electron chi connectivity index (χ0n) is 6.22. The van der Waals surface area contributed by atoms with E-state index in [1.807, 2.05) is 6.07 Å². The molecule has 0 N–H and O–H groups in total. The number of hydrogen-bond acceptors (Lipinski definition) is 1. The van der Waals surface area contributed by atoms with Crippen LogP contribution in [0, 0.1) is 12.7 Å². The van der Waals surface area contributed by atoms with Gasteiger partial charge in [0, 0.05) is 6.61 Å². The van der Waals surface area contributed by atoms with Gasteiger partial charge in [0.05, 0.1) is 6.61 Å². The van der Waals surface area contributed by atoms with Crippen molar-refractivity contribution in [3.8, 4) is 0 Å². The lowest BCUT2D eigenvalue weighted by Crippen LogP contribution is -1.91. The summed E-state index contributed by atoms with van der Waals surface area (Å²) in [6.45, 7) is 4.35. The van der Waals surface area contributed by atoms with Crippen molar-refractivity contribution in [3.63, 3.8) is 0 Å². The highest BCUT2D eigenvalue weighted by molar-refractivity contribution is 5.15. The van der Waals surface area contributed by atoms with E-state index in [9.17, 15) is 4.39 Å². The quantitative estimate of drug-likeness (QED) is 0.646. The van der Waals surface area contributed by atoms with Gasteiger partial charge >= 0.3 is 0 Å². The van der Waals surface area contributed by atoms with Crippen molar-refractivity contribution in [1.82, 2.24) is 0 Å². The second-order valence-electron chi connectivity index (χ2n) is 2.18. The molecule has 0 aliphatic heterocycles. The van der Waals surface area contributed by atoms with Crippen LogP contribution in [0.2, 0.25) is 0 Å². The summed E-state index contributed by atoms with van der Waals surface area (Å²) >= 11 is 0. The SMILES string of the molecule is [CH2]COCc1cccc(F)c1. The van der Waals surface area contributed by atoms with Gasteiger partial charge in [-0.25, -0.2) is 4.39 Å². The van der Waals surface area contributed by atoms with Gasteiger partial charge < -0.3 is 4.74 Å². The van der Waals surface area contributed by atoms with Gasteiger partial charge in [0.2, 0.25) is 0 Å². The Morgan fingerprint density at radius 2 is 2.27 bits per heavy atom. The molecular formula is C9H10FO. The highest BCUT2D eigenvalue weighted by Crippen LogP contribution is 2.04. The van der Waals surface area contributed by atoms with E-state index in [-0.39, 0.29) is 5.82 Å². The first-order valence-corrected chi connectivity index (χ1v) is 3.44. The minimum Gasteiger partial charge on any atom is -0.377 e. The first-order chi connectivity index (χ1) is 5.33. The smallest absolute Gasteiger partial charge is 0.123 e. The van der Waals surface area contributed by atoms with Gasteiger partial charge in [-0.3, -0.25) is 0 Å². The average molecular weight is 153 g/mol. The Morgan fingerprint density at radius 1 is 1.45 bits per heavy atom. The van der Waals surface area contributed by atoms with Crippen molar-refractivity contribution >= 4 is 0 Å². The van der Waals surface area contributed by atoms with E-state index in [4.69, 9.17) is 4.74 Å². The maximum atomic E-state index is 12.5. The van der Waals surface area contributed by atoms with Crippen molar-refractivity contribution in [1.29, 1.82) is 0 Å². The van der Waals surface area contributed by atoms with E-state index < -0.39 is 0 Å². The summed E-state index contributed by atoms with van der Waals surface area (Å²) in [6, 6.07) is 6.35. The number of rotatable bonds is 3. The summed E-state index contributed by atoms with van der Waals surface area (Å²) < 4.78 is 17.5. The van der Waals surface area contributed by atoms with Gasteiger partial charge in [-0.2, -0.15) is 0 Å². The highest BCUT2D eigenvalue weighted by atomic mass is 19.1. The Morgan fingerprint density at radius 3 is 2.91 bits per heavy atom. The predicted molar refractivity (Wildman–Crippen MR) is 41.4 cm³/mol. The minimum absolute atomic E-state index is 0.227. The van der Waals surface area contributed by atoms with Crippen LogP contribution in [0.4, 0.5) is 4.39 Å². The van der Waals surface area contributed by atoms with Gasteiger partial charge in [0.15, 0.2) is 0 Å². The maximum absolute atomic E-state index is 12.5. The number of ether oxygens (including phenoxy) is 1. The lowest BCUT2D eigenvalue weighted by molar-refractivity contribution is 0.147. The molecule has 0 aliphatic rings. The maximum Gasteiger partial charge on any atom is 0.123 e. The van der Waals surface area contributed by atoms with Crippen LogP contribution in [0.3, 0.4) is 0 Å². The molecule has 0 bridgehead atoms. The Labute approximate surface area is 65.8 Å². The van der Waals surface area contributed by atoms with Crippen LogP contribution in [0.5, 0.6) is 0 Å². The molecular weight excluding hydrogens is 143 g/mol. The van der Waals surface area contributed by atoms with Crippen molar-refractivity contribution < 1.29 is 9.13 Å². The van der Waals surface area contributed by atoms with Crippen LogP contribution in [0.15, 0.2) is 24.3 Å². The van der Waals surface area contributed by atoms with Crippen molar-refractivity contribution in [3.05, 3.63) is 42.6 Å². The van der Waals surface area contributed by atoms with Gasteiger partial charge in [-0.1, -0.05) is 12.1 Å². The summed E-state index contributed by atoms with van der Waals surface area (Å²) in [5.74, 6) is -0.227. The number of benzene rings is 1. The molecule has 1 nitrogen and oxygen atoms in total. The third-order valence-corrected chi connectivity index (χ3v) is 1.30. The molecule has 0 aromatic heterocycles. The highest BCUT2D eigenvalue weighted by Gasteiger charge is 1.93. The van der Waals surface area contributed by atoms with E-state index in [0.717, 1.165) is 5.56 Å². The third kappa shape index (κ3) is 2.68. The molecule has 1 aromatic carbocycles. The Hall–Kier alpha value is -0.890. The molecule has 59 valence electrons. The summed E-state index contributed by atoms with van der Waals surface area (Å²) in [5.41, 5.74) is 0.841. The van der Waals surface area contributed by atoms with Gasteiger partial charge in [0.1, 0.15) is 5.82 Å². The molecule has 0 heterocycles. The molecule has 1 rings (SSSR count). The van der Waals surface area contributed by atoms with Crippen LogP contribution in [0.25, 0.3) is 0 Å². The fraction of sp³-hybridized carbons (Fsp3) is 0.222. The minimum atomic E-state index is -0.227. The van der Waals surface area contributed by atoms with Crippen LogP contribution < -0.4 is 0 Å². The van der Waals surface area contributed by atoms with E-state index in [1.54, 1.807) is 6.07 Å². The molecule has 0 aliphatic carbocycles. The predicted octanol–water partition coefficient (Wildman–Crippen LogP) is 2.18. The molecule has 1 radical (unpaired) electrons. The molecule has 0 amide bonds. The second kappa shape index (κ2) is 4.09. The summed E-state index contributed by atoms with van der Waals surface area (Å²) in [4.78, 5) is 0. The standard InChI is InChI=1S/C9H10FO/c1-2-11-7-8-4-3-5-9(10)6-8/h3-6H,1-2,7H2. The summed E-state index contributed by atoms with van der Waals surface area (Å²) in [5, 5.41) is 0. The largest absolute Gasteiger partial charge is 0.377 e. The summed E-state index contributed by atoms with van der Waals surface area (Å²) in [6.07, 6.45) is 0. The zero-order chi connectivity index (χ0) is 8.10. The topological polar surface area (TPSA) is 9.23 Å². The van der Waals surface area contributed by atoms with Crippen molar-refractivity contribution in [2.24, 2.45) is 0 Å². The first kappa shape index (κ1) is 8.21. The van der Waals surface area contributed by atoms with Crippen LogP contribution in [0.1, 0.15) is 5.56 Å². The Balaban J connectivity index is 2.56. The van der Waals surface area contributed by atoms with Crippen molar-refractivity contribution in [2.75, 3.05) is 6.61 Å². The lowest BCUT2D eigenvalue weighted by atomic mass is 10.2. The molecule has 0 atom stereocenters. The number of hydrogen-bond donors (Lipinski definition) is 0. The molecule has 0 unspecified atom stereocenters. The first-order valence-electron chi connectivity index (χ1n) is 3.44. The second-order valence-corrected chi connectivity index (χ2v) is 2.18. The van der Waals surface area contributed by atoms with Gasteiger partial charge in [-0.05, 0) is 24.6 Å². The van der Waals surface area contributed by atoms with Gasteiger partial charge in [0.25, 0.3) is 0 Å². The van der Waals surface area contributed by atoms with E-state index in [2.05, 4.69) is 6.92 Å². The third-order valence-electron chi connectivity index (χ3n) is 1.30. The van der Waals surface area contributed by atoms with E-state index in [1.165, 1.54) is 12.1 Å². The molecule has 0 fully saturated rings. The lowest BCUT2D eigenvalue weighted by Gasteiger charge is -1.99. The average Bonchev–Trinajstić information content (AvgIpc) is 2.01. The monoisotopic (exact) mass is 153 g/mol. The molecule has 2 heteroatoms. The molecule has 1 aromatic rings. The van der Waals surface area contributed by atoms with Crippen LogP contribution in [-0.2, 0) is 11.3 Å². The van der Waals surface area contributed by atoms with E-state index in [0.29, 0.717) is 13.2 Å². The zero-order valence-corrected chi connectivity index (χ0v) is 6.22. The molecule has 11 heavy (non-hydrogen) atoms. The van der Waals surface area contributed by atoms with E-state index >= 15 is 0 Å². The molecule has 0 saturated heterocycles. The fourth-order valence-corrected chi connectivity index (χ4v) is 0.817. The van der Waals surface area contributed by atoms with Crippen LogP contribution >= 0.6 is 0 Å². The molecule has 0 saturated carbocycles. The Bertz CT molecular complexity index is 223. The molecule has 0 spiro atoms. The van der Waals surface area contributed by atoms with Crippen LogP contribution in [-0.4, -0.2) is 6.61 Å². The normalized spacial score (nSPS) is 10.0. The fourth-order valence-electron chi connectivity index (χ4n) is 0.817. The van der Waals surface area contributed by atoms with Gasteiger partial charge in [-0.15, -0.1) is 0 Å². The Kier molecular flexibility index (Phi) is 3.05.